The van der Waals surface area contributed by atoms with Gasteiger partial charge < -0.3 is 20.3 Å². The van der Waals surface area contributed by atoms with E-state index in [0.29, 0.717) is 64.4 Å². The maximum atomic E-state index is 12.9. The number of fused-ring (bicyclic) bond motifs is 1. The first-order valence-corrected chi connectivity index (χ1v) is 14.1. The highest BCUT2D eigenvalue weighted by Crippen LogP contribution is 2.33. The van der Waals surface area contributed by atoms with Gasteiger partial charge in [0.05, 0.1) is 21.7 Å². The molecule has 0 radical (unpaired) electrons. The van der Waals surface area contributed by atoms with Crippen molar-refractivity contribution < 1.29 is 14.3 Å². The van der Waals surface area contributed by atoms with Crippen LogP contribution in [-0.4, -0.2) is 63.8 Å². The van der Waals surface area contributed by atoms with Gasteiger partial charge in [0.1, 0.15) is 5.75 Å². The van der Waals surface area contributed by atoms with Crippen molar-refractivity contribution in [1.29, 1.82) is 0 Å². The lowest BCUT2D eigenvalue weighted by Gasteiger charge is -2.11. The minimum absolute atomic E-state index is 0.314. The number of nitrogens with zero attached hydrogens (tertiary/aromatic N) is 5. The summed E-state index contributed by atoms with van der Waals surface area (Å²) in [6.45, 7) is 6.26. The van der Waals surface area contributed by atoms with Gasteiger partial charge in [-0.1, -0.05) is 38.3 Å². The number of hydrogen-bond donors (Lipinski definition) is 2. The minimum atomic E-state index is -0.514. The Morgan fingerprint density at radius 1 is 1.12 bits per heavy atom. The van der Waals surface area contributed by atoms with Crippen molar-refractivity contribution in [1.82, 2.24) is 30.0 Å². The van der Waals surface area contributed by atoms with E-state index in [1.54, 1.807) is 48.7 Å². The van der Waals surface area contributed by atoms with Gasteiger partial charge in [-0.2, -0.15) is 5.10 Å². The summed E-state index contributed by atoms with van der Waals surface area (Å²) in [7, 11) is 3.86. The molecule has 0 atom stereocenters. The summed E-state index contributed by atoms with van der Waals surface area (Å²) in [5.41, 5.74) is 2.37. The molecule has 0 spiro atoms. The lowest BCUT2D eigenvalue weighted by Crippen LogP contribution is -2.33. The normalized spacial score (nSPS) is 11.3. The van der Waals surface area contributed by atoms with Gasteiger partial charge in [0.2, 0.25) is 0 Å². The standard InChI is InChI=1S/C30H36ClN7O3/c1-20(2)8-5-6-16-38-28-24(27(36-38)35-29(39)22-9-7-14-32-19-22)18-25(31)26(34-28)21-10-12-23(13-11-21)41-30(40)33-15-17-37(3)4/h7,9-14,18-20H,5-6,8,15-17H2,1-4H3,(H,33,40)(H,35,36,39). The van der Waals surface area contributed by atoms with E-state index < -0.39 is 6.09 Å². The number of halogens is 1. The number of pyridine rings is 2. The molecule has 4 aromatic rings. The van der Waals surface area contributed by atoms with Crippen LogP contribution in [0.4, 0.5) is 10.6 Å². The number of likely N-dealkylation sites (N-methyl/N-ethyl adjacent to an activating group) is 1. The Morgan fingerprint density at radius 3 is 2.59 bits per heavy atom. The van der Waals surface area contributed by atoms with Crippen molar-refractivity contribution in [2.45, 2.75) is 39.7 Å². The van der Waals surface area contributed by atoms with Crippen LogP contribution in [0.5, 0.6) is 5.75 Å². The van der Waals surface area contributed by atoms with E-state index >= 15 is 0 Å². The number of nitrogens with one attached hydrogen (secondary N) is 2. The second-order valence-electron chi connectivity index (χ2n) is 10.5. The van der Waals surface area contributed by atoms with E-state index in [2.05, 4.69) is 29.5 Å². The van der Waals surface area contributed by atoms with Crippen LogP contribution in [0.2, 0.25) is 5.02 Å². The molecular formula is C30H36ClN7O3. The molecular weight excluding hydrogens is 542 g/mol. The molecule has 2 N–H and O–H groups in total. The SMILES string of the molecule is CC(C)CCCCn1nc(NC(=O)c2cccnc2)c2cc(Cl)c(-c3ccc(OC(=O)NCCN(C)C)cc3)nc21. The zero-order valence-electron chi connectivity index (χ0n) is 23.9. The van der Waals surface area contributed by atoms with Crippen molar-refractivity contribution in [2.75, 3.05) is 32.5 Å². The predicted molar refractivity (Wildman–Crippen MR) is 161 cm³/mol. The van der Waals surface area contributed by atoms with Crippen LogP contribution in [-0.2, 0) is 6.54 Å². The molecule has 0 aliphatic carbocycles. The van der Waals surface area contributed by atoms with Gasteiger partial charge >= 0.3 is 6.09 Å². The molecule has 11 heteroatoms. The van der Waals surface area contributed by atoms with Crippen molar-refractivity contribution in [3.63, 3.8) is 0 Å². The van der Waals surface area contributed by atoms with Gasteiger partial charge in [0.25, 0.3) is 5.91 Å². The zero-order valence-corrected chi connectivity index (χ0v) is 24.6. The molecule has 0 unspecified atom stereocenters. The van der Waals surface area contributed by atoms with Crippen LogP contribution < -0.4 is 15.4 Å². The van der Waals surface area contributed by atoms with E-state index in [1.807, 2.05) is 23.7 Å². The highest BCUT2D eigenvalue weighted by atomic mass is 35.5. The largest absolute Gasteiger partial charge is 0.412 e. The van der Waals surface area contributed by atoms with Gasteiger partial charge in [-0.05, 0) is 68.9 Å². The summed E-state index contributed by atoms with van der Waals surface area (Å²) in [5, 5.41) is 11.4. The molecule has 0 saturated heterocycles. The number of unbranched alkanes of at least 4 members (excludes halogenated alkanes) is 1. The molecule has 0 aliphatic heterocycles. The maximum Gasteiger partial charge on any atom is 0.412 e. The number of aromatic nitrogens is 4. The van der Waals surface area contributed by atoms with Crippen molar-refractivity contribution in [3.8, 4) is 17.0 Å². The molecule has 216 valence electrons. The van der Waals surface area contributed by atoms with Crippen LogP contribution in [0.15, 0.2) is 54.9 Å². The molecule has 0 saturated carbocycles. The number of anilines is 1. The minimum Gasteiger partial charge on any atom is -0.410 e. The number of carbonyl (C=O) groups excluding carboxylic acids is 2. The summed E-state index contributed by atoms with van der Waals surface area (Å²) in [6.07, 6.45) is 5.71. The summed E-state index contributed by atoms with van der Waals surface area (Å²) < 4.78 is 7.20. The molecule has 41 heavy (non-hydrogen) atoms. The van der Waals surface area contributed by atoms with Gasteiger partial charge in [-0.3, -0.25) is 9.78 Å². The van der Waals surface area contributed by atoms with Crippen LogP contribution in [0.25, 0.3) is 22.3 Å². The monoisotopic (exact) mass is 577 g/mol. The predicted octanol–water partition coefficient (Wildman–Crippen LogP) is 5.88. The van der Waals surface area contributed by atoms with Crippen molar-refractivity contribution in [2.24, 2.45) is 5.92 Å². The second kappa shape index (κ2) is 14.0. The molecule has 4 rings (SSSR count). The number of carbonyl (C=O) groups is 2. The highest BCUT2D eigenvalue weighted by Gasteiger charge is 2.19. The Bertz CT molecular complexity index is 1470. The molecule has 3 heterocycles. The fraction of sp³-hybridized carbons (Fsp3) is 0.367. The van der Waals surface area contributed by atoms with E-state index in [4.69, 9.17) is 26.4 Å². The third kappa shape index (κ3) is 8.25. The summed E-state index contributed by atoms with van der Waals surface area (Å²) in [6, 6.07) is 12.2. The van der Waals surface area contributed by atoms with E-state index in [0.717, 1.165) is 24.8 Å². The molecule has 2 amide bonds. The van der Waals surface area contributed by atoms with Crippen LogP contribution in [0.1, 0.15) is 43.5 Å². The Kier molecular flexibility index (Phi) is 10.3. The molecule has 0 bridgehead atoms. The van der Waals surface area contributed by atoms with E-state index in [9.17, 15) is 9.59 Å². The van der Waals surface area contributed by atoms with Gasteiger partial charge in [0.15, 0.2) is 11.5 Å². The molecule has 0 fully saturated rings. The first-order chi connectivity index (χ1) is 19.7. The maximum absolute atomic E-state index is 12.9. The lowest BCUT2D eigenvalue weighted by atomic mass is 10.1. The van der Waals surface area contributed by atoms with Crippen molar-refractivity contribution in [3.05, 3.63) is 65.4 Å². The quantitative estimate of drug-likeness (QED) is 0.202. The van der Waals surface area contributed by atoms with E-state index in [1.165, 1.54) is 6.20 Å². The lowest BCUT2D eigenvalue weighted by molar-refractivity contribution is 0.102. The number of ether oxygens (including phenoxy) is 1. The number of amides is 2. The number of rotatable bonds is 12. The van der Waals surface area contributed by atoms with Gasteiger partial charge in [-0.15, -0.1) is 0 Å². The topological polar surface area (TPSA) is 114 Å². The van der Waals surface area contributed by atoms with Crippen LogP contribution in [0, 0.1) is 5.92 Å². The highest BCUT2D eigenvalue weighted by molar-refractivity contribution is 6.34. The number of aryl methyl sites for hydroxylation is 1. The fourth-order valence-corrected chi connectivity index (χ4v) is 4.48. The Hall–Kier alpha value is -4.02. The fourth-order valence-electron chi connectivity index (χ4n) is 4.22. The Balaban J connectivity index is 1.58. The molecule has 1 aromatic carbocycles. The van der Waals surface area contributed by atoms with Gasteiger partial charge in [-0.25, -0.2) is 14.5 Å². The van der Waals surface area contributed by atoms with Crippen LogP contribution >= 0.6 is 11.6 Å². The average Bonchev–Trinajstić information content (AvgIpc) is 3.26. The third-order valence-corrected chi connectivity index (χ3v) is 6.69. The number of benzene rings is 1. The first-order valence-electron chi connectivity index (χ1n) is 13.7. The third-order valence-electron chi connectivity index (χ3n) is 6.40. The Labute approximate surface area is 245 Å². The first kappa shape index (κ1) is 30.0. The van der Waals surface area contributed by atoms with Crippen molar-refractivity contribution >= 4 is 40.5 Å². The van der Waals surface area contributed by atoms with Crippen LogP contribution in [0.3, 0.4) is 0 Å². The second-order valence-corrected chi connectivity index (χ2v) is 10.9. The van der Waals surface area contributed by atoms with E-state index in [-0.39, 0.29) is 5.91 Å². The van der Waals surface area contributed by atoms with Gasteiger partial charge in [0, 0.05) is 37.6 Å². The molecule has 10 nitrogen and oxygen atoms in total. The summed E-state index contributed by atoms with van der Waals surface area (Å²) in [5.74, 6) is 1.11. The summed E-state index contributed by atoms with van der Waals surface area (Å²) in [4.78, 5) is 35.8. The molecule has 3 aromatic heterocycles. The summed E-state index contributed by atoms with van der Waals surface area (Å²) >= 11 is 6.72. The molecule has 0 aliphatic rings. The average molecular weight is 578 g/mol. The number of hydrogen-bond acceptors (Lipinski definition) is 7. The Morgan fingerprint density at radius 2 is 1.90 bits per heavy atom. The smallest absolute Gasteiger partial charge is 0.410 e. The zero-order chi connectivity index (χ0) is 29.4.